The van der Waals surface area contributed by atoms with Crippen LogP contribution < -0.4 is 0 Å². The fourth-order valence-electron chi connectivity index (χ4n) is 3.49. The van der Waals surface area contributed by atoms with Crippen molar-refractivity contribution in [3.05, 3.63) is 65.7 Å². The summed E-state index contributed by atoms with van der Waals surface area (Å²) >= 11 is 0. The lowest BCUT2D eigenvalue weighted by molar-refractivity contribution is -0.132. The maximum Gasteiger partial charge on any atom is 0.243 e. The summed E-state index contributed by atoms with van der Waals surface area (Å²) in [5.41, 5.74) is 1.51. The number of hydrogen-bond acceptors (Lipinski definition) is 4. The highest BCUT2D eigenvalue weighted by atomic mass is 32.2. The minimum atomic E-state index is -3.81. The van der Waals surface area contributed by atoms with Crippen molar-refractivity contribution < 1.29 is 18.0 Å². The Bertz CT molecular complexity index is 956. The normalized spacial score (nSPS) is 17.1. The Balaban J connectivity index is 1.73. The fraction of sp³-hybridized carbons (Fsp3) is 0.333. The average molecular weight is 401 g/mol. The first-order valence-electron chi connectivity index (χ1n) is 9.22. The van der Waals surface area contributed by atoms with Crippen molar-refractivity contribution in [1.29, 1.82) is 0 Å². The zero-order valence-electron chi connectivity index (χ0n) is 16.0. The third-order valence-corrected chi connectivity index (χ3v) is 6.90. The number of hydrogen-bond donors (Lipinski definition) is 0. The summed E-state index contributed by atoms with van der Waals surface area (Å²) in [4.78, 5) is 26.0. The second-order valence-electron chi connectivity index (χ2n) is 7.00. The first kappa shape index (κ1) is 20.2. The number of ketones is 1. The Morgan fingerprint density at radius 2 is 1.71 bits per heavy atom. The van der Waals surface area contributed by atoms with E-state index in [0.717, 1.165) is 22.7 Å². The van der Waals surface area contributed by atoms with Gasteiger partial charge in [0.2, 0.25) is 15.9 Å². The SMILES string of the molecule is CC(=O)c1ccc(S(=O)(=O)N(C)CC(=O)N2CCCC2c2ccccc2)cc1. The molecule has 2 aromatic carbocycles. The predicted octanol–water partition coefficient (Wildman–Crippen LogP) is 2.87. The van der Waals surface area contributed by atoms with Gasteiger partial charge in [0.1, 0.15) is 0 Å². The molecule has 1 atom stereocenters. The number of likely N-dealkylation sites (tertiary alicyclic amines) is 1. The monoisotopic (exact) mass is 400 g/mol. The van der Waals surface area contributed by atoms with Gasteiger partial charge in [-0.05, 0) is 37.5 Å². The molecule has 1 aliphatic rings. The van der Waals surface area contributed by atoms with E-state index in [1.165, 1.54) is 38.2 Å². The van der Waals surface area contributed by atoms with Crippen molar-refractivity contribution in [2.24, 2.45) is 0 Å². The number of likely N-dealkylation sites (N-methyl/N-ethyl adjacent to an activating group) is 1. The molecule has 0 aliphatic carbocycles. The van der Waals surface area contributed by atoms with Crippen LogP contribution >= 0.6 is 0 Å². The molecule has 0 spiro atoms. The van der Waals surface area contributed by atoms with Crippen molar-refractivity contribution in [2.45, 2.75) is 30.7 Å². The van der Waals surface area contributed by atoms with E-state index in [9.17, 15) is 18.0 Å². The summed E-state index contributed by atoms with van der Waals surface area (Å²) in [5.74, 6) is -0.341. The topological polar surface area (TPSA) is 74.8 Å². The molecule has 0 N–H and O–H groups in total. The first-order valence-corrected chi connectivity index (χ1v) is 10.7. The van der Waals surface area contributed by atoms with Crippen LogP contribution in [0.4, 0.5) is 0 Å². The van der Waals surface area contributed by atoms with Gasteiger partial charge in [-0.15, -0.1) is 0 Å². The molecule has 0 aromatic heterocycles. The second-order valence-corrected chi connectivity index (χ2v) is 9.04. The van der Waals surface area contributed by atoms with E-state index in [0.29, 0.717) is 12.1 Å². The molecular formula is C21H24N2O4S. The minimum absolute atomic E-state index is 0.0142. The zero-order valence-corrected chi connectivity index (χ0v) is 16.9. The molecule has 0 radical (unpaired) electrons. The molecule has 1 fully saturated rings. The van der Waals surface area contributed by atoms with E-state index < -0.39 is 10.0 Å². The summed E-state index contributed by atoms with van der Waals surface area (Å²) < 4.78 is 26.6. The van der Waals surface area contributed by atoms with Gasteiger partial charge in [-0.3, -0.25) is 9.59 Å². The Labute approximate surface area is 165 Å². The van der Waals surface area contributed by atoms with E-state index in [1.54, 1.807) is 4.90 Å². The van der Waals surface area contributed by atoms with Gasteiger partial charge in [0.25, 0.3) is 0 Å². The van der Waals surface area contributed by atoms with Crippen LogP contribution in [-0.2, 0) is 14.8 Å². The fourth-order valence-corrected chi connectivity index (χ4v) is 4.62. The molecule has 148 valence electrons. The highest BCUT2D eigenvalue weighted by Crippen LogP contribution is 2.32. The minimum Gasteiger partial charge on any atom is -0.335 e. The quantitative estimate of drug-likeness (QED) is 0.699. The van der Waals surface area contributed by atoms with Crippen molar-refractivity contribution in [3.8, 4) is 0 Å². The summed E-state index contributed by atoms with van der Waals surface area (Å²) in [6.07, 6.45) is 1.77. The van der Waals surface area contributed by atoms with E-state index in [1.807, 2.05) is 30.3 Å². The molecule has 28 heavy (non-hydrogen) atoms. The largest absolute Gasteiger partial charge is 0.335 e. The Morgan fingerprint density at radius 1 is 1.07 bits per heavy atom. The van der Waals surface area contributed by atoms with E-state index >= 15 is 0 Å². The molecule has 1 aliphatic heterocycles. The van der Waals surface area contributed by atoms with Crippen LogP contribution in [0.3, 0.4) is 0 Å². The van der Waals surface area contributed by atoms with Gasteiger partial charge in [0, 0.05) is 19.2 Å². The summed E-state index contributed by atoms with van der Waals surface area (Å²) in [7, 11) is -2.41. The van der Waals surface area contributed by atoms with Crippen LogP contribution in [-0.4, -0.2) is 49.5 Å². The summed E-state index contributed by atoms with van der Waals surface area (Å²) in [6, 6.07) is 15.6. The average Bonchev–Trinajstić information content (AvgIpc) is 3.18. The van der Waals surface area contributed by atoms with Gasteiger partial charge < -0.3 is 4.90 Å². The van der Waals surface area contributed by atoms with Gasteiger partial charge in [-0.1, -0.05) is 42.5 Å². The van der Waals surface area contributed by atoms with E-state index in [4.69, 9.17) is 0 Å². The Hall–Kier alpha value is -2.51. The van der Waals surface area contributed by atoms with Crippen LogP contribution in [0.2, 0.25) is 0 Å². The predicted molar refractivity (Wildman–Crippen MR) is 106 cm³/mol. The molecule has 0 bridgehead atoms. The maximum atomic E-state index is 12.8. The first-order chi connectivity index (χ1) is 13.3. The number of carbonyl (C=O) groups is 2. The van der Waals surface area contributed by atoms with Crippen molar-refractivity contribution in [3.63, 3.8) is 0 Å². The lowest BCUT2D eigenvalue weighted by atomic mass is 10.0. The lowest BCUT2D eigenvalue weighted by Crippen LogP contribution is -2.40. The maximum absolute atomic E-state index is 12.8. The lowest BCUT2D eigenvalue weighted by Gasteiger charge is -2.27. The third kappa shape index (κ3) is 4.15. The van der Waals surface area contributed by atoms with Crippen molar-refractivity contribution in [2.75, 3.05) is 20.1 Å². The summed E-state index contributed by atoms with van der Waals surface area (Å²) in [5, 5.41) is 0. The van der Waals surface area contributed by atoms with E-state index in [-0.39, 0.29) is 29.2 Å². The molecule has 2 aromatic rings. The van der Waals surface area contributed by atoms with Crippen molar-refractivity contribution >= 4 is 21.7 Å². The molecule has 6 nitrogen and oxygen atoms in total. The third-order valence-electron chi connectivity index (χ3n) is 5.08. The Kier molecular flexibility index (Phi) is 5.96. The van der Waals surface area contributed by atoms with Gasteiger partial charge in [-0.2, -0.15) is 4.31 Å². The number of nitrogens with zero attached hydrogens (tertiary/aromatic N) is 2. The molecule has 1 heterocycles. The van der Waals surface area contributed by atoms with Crippen molar-refractivity contribution in [1.82, 2.24) is 9.21 Å². The number of benzene rings is 2. The highest BCUT2D eigenvalue weighted by molar-refractivity contribution is 7.89. The molecule has 7 heteroatoms. The standard InChI is InChI=1S/C21H24N2O4S/c1-16(24)17-10-12-19(13-11-17)28(26,27)22(2)15-21(25)23-14-6-9-20(23)18-7-4-3-5-8-18/h3-5,7-8,10-13,20H,6,9,14-15H2,1-2H3. The highest BCUT2D eigenvalue weighted by Gasteiger charge is 2.32. The number of Topliss-reactive ketones (excluding diaryl/α,β-unsaturated/α-hetero) is 1. The van der Waals surface area contributed by atoms with E-state index in [2.05, 4.69) is 0 Å². The van der Waals surface area contributed by atoms with Crippen LogP contribution in [0, 0.1) is 0 Å². The summed E-state index contributed by atoms with van der Waals surface area (Å²) in [6.45, 7) is 1.83. The van der Waals surface area contributed by atoms with Gasteiger partial charge >= 0.3 is 0 Å². The van der Waals surface area contributed by atoms with Crippen LogP contribution in [0.25, 0.3) is 0 Å². The smallest absolute Gasteiger partial charge is 0.243 e. The van der Waals surface area contributed by atoms with Crippen LogP contribution in [0.1, 0.15) is 41.7 Å². The zero-order chi connectivity index (χ0) is 20.3. The molecule has 0 saturated carbocycles. The molecule has 1 amide bonds. The molecule has 1 unspecified atom stereocenters. The Morgan fingerprint density at radius 3 is 2.32 bits per heavy atom. The number of sulfonamides is 1. The van der Waals surface area contributed by atoms with Gasteiger partial charge in [0.05, 0.1) is 17.5 Å². The van der Waals surface area contributed by atoms with Crippen LogP contribution in [0.15, 0.2) is 59.5 Å². The van der Waals surface area contributed by atoms with Gasteiger partial charge in [0.15, 0.2) is 5.78 Å². The molecule has 3 rings (SSSR count). The second kappa shape index (κ2) is 8.24. The molecule has 1 saturated heterocycles. The number of rotatable bonds is 6. The molecular weight excluding hydrogens is 376 g/mol. The number of carbonyl (C=O) groups excluding carboxylic acids is 2. The number of amides is 1. The van der Waals surface area contributed by atoms with Gasteiger partial charge in [-0.25, -0.2) is 8.42 Å². The van der Waals surface area contributed by atoms with Crippen LogP contribution in [0.5, 0.6) is 0 Å².